The Labute approximate surface area is 188 Å². The normalized spacial score (nSPS) is 19.9. The number of rotatable bonds is 9. The zero-order chi connectivity index (χ0) is 21.9. The molecule has 166 valence electrons. The van der Waals surface area contributed by atoms with Crippen molar-refractivity contribution in [2.24, 2.45) is 0 Å². The fourth-order valence-electron chi connectivity index (χ4n) is 4.47. The van der Waals surface area contributed by atoms with Crippen LogP contribution in [0.3, 0.4) is 0 Å². The summed E-state index contributed by atoms with van der Waals surface area (Å²) in [5.41, 5.74) is 4.84. The smallest absolute Gasteiger partial charge is 0.229 e. The maximum Gasteiger partial charge on any atom is 0.229 e. The quantitative estimate of drug-likeness (QED) is 0.467. The second-order valence-electron chi connectivity index (χ2n) is 9.04. The second-order valence-corrected chi connectivity index (χ2v) is 9.04. The first-order valence-electron chi connectivity index (χ1n) is 11.5. The Morgan fingerprint density at radius 1 is 1.09 bits per heavy atom. The van der Waals surface area contributed by atoms with Gasteiger partial charge >= 0.3 is 0 Å². The van der Waals surface area contributed by atoms with Crippen LogP contribution in [0.1, 0.15) is 59.8 Å². The zero-order valence-electron chi connectivity index (χ0n) is 18.4. The van der Waals surface area contributed by atoms with Crippen LogP contribution in [0.2, 0.25) is 0 Å². The van der Waals surface area contributed by atoms with Crippen LogP contribution in [0, 0.1) is 0 Å². The number of hydrogen-bond donors (Lipinski definition) is 3. The molecule has 0 unspecified atom stereocenters. The molecule has 2 aliphatic rings. The molecule has 0 bridgehead atoms. The minimum absolute atomic E-state index is 0.0487. The molecule has 0 aliphatic heterocycles. The highest BCUT2D eigenvalue weighted by Gasteiger charge is 2.34. The van der Waals surface area contributed by atoms with Gasteiger partial charge in [-0.15, -0.1) is 0 Å². The molecule has 3 aromatic rings. The number of anilines is 1. The van der Waals surface area contributed by atoms with Crippen LogP contribution in [-0.4, -0.2) is 29.3 Å². The number of nitrogens with zero attached hydrogens (tertiary/aromatic N) is 1. The Morgan fingerprint density at radius 3 is 2.66 bits per heavy atom. The SMILES string of the molecule is COc1ccc(CC(=O)Nc2[nH]ncc2C2CC(c3cccc(CNC4CC4)c3)C2)cc1. The van der Waals surface area contributed by atoms with Crippen LogP contribution in [0.15, 0.2) is 54.7 Å². The van der Waals surface area contributed by atoms with Crippen molar-refractivity contribution in [3.05, 3.63) is 77.0 Å². The molecule has 2 aromatic carbocycles. The number of nitrogens with one attached hydrogen (secondary N) is 3. The summed E-state index contributed by atoms with van der Waals surface area (Å²) >= 11 is 0. The predicted octanol–water partition coefficient (Wildman–Crippen LogP) is 4.51. The van der Waals surface area contributed by atoms with E-state index in [0.717, 1.165) is 48.1 Å². The predicted molar refractivity (Wildman–Crippen MR) is 125 cm³/mol. The average molecular weight is 431 g/mol. The van der Waals surface area contributed by atoms with Gasteiger partial charge in [0.1, 0.15) is 11.6 Å². The van der Waals surface area contributed by atoms with E-state index < -0.39 is 0 Å². The van der Waals surface area contributed by atoms with Crippen molar-refractivity contribution in [1.29, 1.82) is 0 Å². The number of ether oxygens (including phenoxy) is 1. The minimum atomic E-state index is -0.0487. The van der Waals surface area contributed by atoms with E-state index >= 15 is 0 Å². The van der Waals surface area contributed by atoms with E-state index in [-0.39, 0.29) is 5.91 Å². The van der Waals surface area contributed by atoms with E-state index in [1.165, 1.54) is 24.0 Å². The maximum absolute atomic E-state index is 12.6. The molecule has 0 spiro atoms. The maximum atomic E-state index is 12.6. The number of benzene rings is 2. The fourth-order valence-corrected chi connectivity index (χ4v) is 4.47. The van der Waals surface area contributed by atoms with Gasteiger partial charge in [0.2, 0.25) is 5.91 Å². The molecule has 5 rings (SSSR count). The van der Waals surface area contributed by atoms with Crippen molar-refractivity contribution in [2.75, 3.05) is 12.4 Å². The van der Waals surface area contributed by atoms with Gasteiger partial charge in [-0.3, -0.25) is 9.89 Å². The van der Waals surface area contributed by atoms with E-state index in [4.69, 9.17) is 4.74 Å². The zero-order valence-corrected chi connectivity index (χ0v) is 18.4. The molecule has 0 radical (unpaired) electrons. The van der Waals surface area contributed by atoms with Crippen LogP contribution in [0.25, 0.3) is 0 Å². The Balaban J connectivity index is 1.16. The number of hydrogen-bond acceptors (Lipinski definition) is 4. The molecule has 6 heteroatoms. The van der Waals surface area contributed by atoms with Gasteiger partial charge in [0.05, 0.1) is 19.7 Å². The third kappa shape index (κ3) is 4.86. The van der Waals surface area contributed by atoms with E-state index in [0.29, 0.717) is 18.3 Å². The van der Waals surface area contributed by atoms with Gasteiger partial charge in [-0.2, -0.15) is 5.10 Å². The van der Waals surface area contributed by atoms with Gasteiger partial charge in [0, 0.05) is 18.2 Å². The summed E-state index contributed by atoms with van der Waals surface area (Å²) in [6, 6.07) is 17.3. The van der Waals surface area contributed by atoms with E-state index in [1.807, 2.05) is 30.5 Å². The van der Waals surface area contributed by atoms with Crippen LogP contribution in [0.4, 0.5) is 5.82 Å². The van der Waals surface area contributed by atoms with Crippen molar-refractivity contribution in [3.8, 4) is 5.75 Å². The summed E-state index contributed by atoms with van der Waals surface area (Å²) in [6.07, 6.45) is 6.97. The lowest BCUT2D eigenvalue weighted by Gasteiger charge is -2.36. The monoisotopic (exact) mass is 430 g/mol. The van der Waals surface area contributed by atoms with E-state index in [1.54, 1.807) is 7.11 Å². The number of H-pyrrole nitrogens is 1. The molecule has 1 aromatic heterocycles. The Kier molecular flexibility index (Phi) is 5.95. The minimum Gasteiger partial charge on any atom is -0.497 e. The van der Waals surface area contributed by atoms with Gasteiger partial charge in [-0.05, 0) is 66.3 Å². The number of methoxy groups -OCH3 is 1. The summed E-state index contributed by atoms with van der Waals surface area (Å²) in [7, 11) is 1.63. The van der Waals surface area contributed by atoms with Crippen LogP contribution >= 0.6 is 0 Å². The highest BCUT2D eigenvalue weighted by molar-refractivity contribution is 5.92. The molecule has 1 heterocycles. The van der Waals surface area contributed by atoms with Crippen molar-refractivity contribution < 1.29 is 9.53 Å². The first kappa shape index (κ1) is 20.8. The molecule has 2 aliphatic carbocycles. The molecule has 2 saturated carbocycles. The lowest BCUT2D eigenvalue weighted by Crippen LogP contribution is -2.22. The molecule has 3 N–H and O–H groups in total. The van der Waals surface area contributed by atoms with Crippen molar-refractivity contribution >= 4 is 11.7 Å². The van der Waals surface area contributed by atoms with Crippen LogP contribution in [-0.2, 0) is 17.8 Å². The number of amides is 1. The van der Waals surface area contributed by atoms with E-state index in [9.17, 15) is 4.79 Å². The van der Waals surface area contributed by atoms with E-state index in [2.05, 4.69) is 45.1 Å². The number of aromatic nitrogens is 2. The third-order valence-electron chi connectivity index (χ3n) is 6.63. The van der Waals surface area contributed by atoms with Gasteiger partial charge in [0.25, 0.3) is 0 Å². The summed E-state index contributed by atoms with van der Waals surface area (Å²) < 4.78 is 5.17. The first-order valence-corrected chi connectivity index (χ1v) is 11.5. The van der Waals surface area contributed by atoms with Gasteiger partial charge in [-0.1, -0.05) is 36.4 Å². The second kappa shape index (κ2) is 9.17. The standard InChI is InChI=1S/C26H30N4O2/c1-32-23-9-5-17(6-10-23)12-25(31)29-26-24(16-28-30-26)21-13-20(14-21)19-4-2-3-18(11-19)15-27-22-7-8-22/h2-6,9-11,16,20-22,27H,7-8,12-15H2,1H3,(H2,28,29,30,31). The molecule has 2 fully saturated rings. The molecule has 32 heavy (non-hydrogen) atoms. The largest absolute Gasteiger partial charge is 0.497 e. The highest BCUT2D eigenvalue weighted by Crippen LogP contribution is 2.49. The Morgan fingerprint density at radius 2 is 1.91 bits per heavy atom. The number of carbonyl (C=O) groups is 1. The molecule has 6 nitrogen and oxygen atoms in total. The Bertz CT molecular complexity index is 1070. The molecular weight excluding hydrogens is 400 g/mol. The average Bonchev–Trinajstić information content (AvgIpc) is 3.51. The number of carbonyl (C=O) groups excluding carboxylic acids is 1. The molecular formula is C26H30N4O2. The molecule has 0 saturated heterocycles. The van der Waals surface area contributed by atoms with Crippen molar-refractivity contribution in [3.63, 3.8) is 0 Å². The number of aromatic amines is 1. The van der Waals surface area contributed by atoms with Gasteiger partial charge in [-0.25, -0.2) is 0 Å². The summed E-state index contributed by atoms with van der Waals surface area (Å²) in [4.78, 5) is 12.6. The lowest BCUT2D eigenvalue weighted by molar-refractivity contribution is -0.115. The molecule has 0 atom stereocenters. The fraction of sp³-hybridized carbons (Fsp3) is 0.385. The van der Waals surface area contributed by atoms with Crippen molar-refractivity contribution in [1.82, 2.24) is 15.5 Å². The van der Waals surface area contributed by atoms with Crippen molar-refractivity contribution in [2.45, 2.75) is 56.5 Å². The highest BCUT2D eigenvalue weighted by atomic mass is 16.5. The van der Waals surface area contributed by atoms with Crippen LogP contribution in [0.5, 0.6) is 5.75 Å². The summed E-state index contributed by atoms with van der Waals surface area (Å²) in [5.74, 6) is 2.46. The summed E-state index contributed by atoms with van der Waals surface area (Å²) in [6.45, 7) is 0.959. The molecule has 1 amide bonds. The topological polar surface area (TPSA) is 79.0 Å². The Hall–Kier alpha value is -3.12. The summed E-state index contributed by atoms with van der Waals surface area (Å²) in [5, 5.41) is 13.8. The van der Waals surface area contributed by atoms with Gasteiger partial charge in [0.15, 0.2) is 0 Å². The first-order chi connectivity index (χ1) is 15.7. The third-order valence-corrected chi connectivity index (χ3v) is 6.63. The lowest BCUT2D eigenvalue weighted by atomic mass is 9.69. The van der Waals surface area contributed by atoms with Gasteiger partial charge < -0.3 is 15.4 Å². The van der Waals surface area contributed by atoms with Crippen LogP contribution < -0.4 is 15.4 Å².